The number of benzene rings is 9. The highest BCUT2D eigenvalue weighted by Crippen LogP contribution is 2.45. The molecule has 1 aliphatic carbocycles. The maximum absolute atomic E-state index is 5.51. The first-order valence-electron chi connectivity index (χ1n) is 23.0. The lowest BCUT2D eigenvalue weighted by Gasteiger charge is -2.19. The molecule has 11 aromatic rings. The summed E-state index contributed by atoms with van der Waals surface area (Å²) < 4.78 is 5.00. The third-order valence-electron chi connectivity index (χ3n) is 13.8. The number of fused-ring (bicyclic) bond motifs is 9. The molecule has 2 aromatic heterocycles. The second-order valence-corrected chi connectivity index (χ2v) is 18.6. The van der Waals surface area contributed by atoms with Crippen molar-refractivity contribution in [3.63, 3.8) is 0 Å². The van der Waals surface area contributed by atoms with E-state index in [0.717, 1.165) is 57.7 Å². The second kappa shape index (κ2) is 16.0. The highest BCUT2D eigenvalue weighted by Gasteiger charge is 2.25. The number of aromatic nitrogens is 1. The number of hydrogen-bond acceptors (Lipinski definition) is 3. The molecule has 0 saturated heterocycles. The first-order chi connectivity index (χ1) is 32.7. The van der Waals surface area contributed by atoms with Crippen molar-refractivity contribution in [1.29, 1.82) is 0 Å². The predicted molar refractivity (Wildman–Crippen MR) is 280 cm³/mol. The van der Waals surface area contributed by atoms with Gasteiger partial charge in [0.15, 0.2) is 5.84 Å². The summed E-state index contributed by atoms with van der Waals surface area (Å²) in [5.74, 6) is 1.04. The van der Waals surface area contributed by atoms with Gasteiger partial charge in [-0.25, -0.2) is 9.98 Å². The number of allylic oxidation sites excluding steroid dienone is 1. The number of rotatable bonds is 6. The van der Waals surface area contributed by atoms with Crippen LogP contribution in [0.5, 0.6) is 0 Å². The van der Waals surface area contributed by atoms with Crippen LogP contribution in [-0.4, -0.2) is 16.1 Å². The molecular weight excluding hydrogens is 819 g/mol. The molecule has 9 aromatic carbocycles. The fourth-order valence-corrected chi connectivity index (χ4v) is 11.7. The van der Waals surface area contributed by atoms with E-state index in [1.165, 1.54) is 69.9 Å². The third-order valence-corrected chi connectivity index (χ3v) is 14.9. The van der Waals surface area contributed by atoms with Gasteiger partial charge in [0.2, 0.25) is 0 Å². The molecule has 1 atom stereocenters. The minimum atomic E-state index is 0.327. The summed E-state index contributed by atoms with van der Waals surface area (Å²) in [5.41, 5.74) is 17.8. The highest BCUT2D eigenvalue weighted by molar-refractivity contribution is 7.25. The Balaban J connectivity index is 0.994. The SMILES string of the molecule is C1=C(c2cccc3c2c2cc(-c4ccc5c(c4)-c4ccccc4CCC5c4ccccc4)ccc2n3-c2ccccc2)N=C(c2ccccc2)N=C(c2ccc3sc4ccccc4c3c2)C1. The van der Waals surface area contributed by atoms with Crippen LogP contribution in [0.2, 0.25) is 0 Å². The standard InChI is InChI=1S/C62H43N3S/c1-4-15-40(16-5-1)48-31-27-41-17-10-11-22-47(41)52-37-43(28-32-49(48)52)44-29-35-57-54(38-44)61-51(24-14-25-58(61)65(57)46-20-8-3-9-21-46)56-34-33-55(63-62(64-56)42-18-6-2-7-19-42)45-30-36-60-53(39-45)50-23-12-13-26-59(50)66-60/h1-26,28-30,32,34-39,48H,27,31,33H2. The molecule has 4 heteroatoms. The Hall–Kier alpha value is -7.92. The van der Waals surface area contributed by atoms with Gasteiger partial charge in [0.05, 0.1) is 22.4 Å². The molecule has 0 saturated carbocycles. The van der Waals surface area contributed by atoms with Crippen molar-refractivity contribution in [2.45, 2.75) is 25.2 Å². The fourth-order valence-electron chi connectivity index (χ4n) is 10.6. The van der Waals surface area contributed by atoms with Gasteiger partial charge < -0.3 is 4.57 Å². The van der Waals surface area contributed by atoms with Crippen molar-refractivity contribution in [3.05, 3.63) is 252 Å². The van der Waals surface area contributed by atoms with Gasteiger partial charge in [-0.3, -0.25) is 0 Å². The molecule has 0 spiro atoms. The van der Waals surface area contributed by atoms with Crippen molar-refractivity contribution < 1.29 is 0 Å². The summed E-state index contributed by atoms with van der Waals surface area (Å²) in [6.07, 6.45) is 5.06. The van der Waals surface area contributed by atoms with Gasteiger partial charge >= 0.3 is 0 Å². The van der Waals surface area contributed by atoms with Gasteiger partial charge in [0.1, 0.15) is 0 Å². The Kier molecular flexibility index (Phi) is 9.31. The summed E-state index contributed by atoms with van der Waals surface area (Å²) in [6, 6.07) is 77.7. The number of aliphatic imine (C=N–C) groups is 2. The number of thiophene rings is 1. The van der Waals surface area contributed by atoms with Crippen molar-refractivity contribution in [2.75, 3.05) is 0 Å². The minimum Gasteiger partial charge on any atom is -0.309 e. The van der Waals surface area contributed by atoms with E-state index in [2.05, 4.69) is 223 Å². The topological polar surface area (TPSA) is 29.6 Å². The molecule has 3 heterocycles. The van der Waals surface area contributed by atoms with Crippen LogP contribution in [0.4, 0.5) is 0 Å². The van der Waals surface area contributed by atoms with E-state index in [1.54, 1.807) is 0 Å². The molecule has 0 fully saturated rings. The highest BCUT2D eigenvalue weighted by atomic mass is 32.1. The molecule has 0 N–H and O–H groups in total. The van der Waals surface area contributed by atoms with Crippen molar-refractivity contribution >= 4 is 70.6 Å². The van der Waals surface area contributed by atoms with Gasteiger partial charge in [0, 0.05) is 60.1 Å². The monoisotopic (exact) mass is 861 g/mol. The molecule has 3 nitrogen and oxygen atoms in total. The van der Waals surface area contributed by atoms with Crippen molar-refractivity contribution in [3.8, 4) is 27.9 Å². The predicted octanol–water partition coefficient (Wildman–Crippen LogP) is 16.2. The zero-order valence-electron chi connectivity index (χ0n) is 36.2. The lowest BCUT2D eigenvalue weighted by atomic mass is 9.84. The molecule has 0 bridgehead atoms. The van der Waals surface area contributed by atoms with Crippen molar-refractivity contribution in [2.24, 2.45) is 9.98 Å². The van der Waals surface area contributed by atoms with E-state index in [-0.39, 0.29) is 0 Å². The molecule has 13 rings (SSSR count). The molecule has 66 heavy (non-hydrogen) atoms. The summed E-state index contributed by atoms with van der Waals surface area (Å²) in [6.45, 7) is 0. The van der Waals surface area contributed by atoms with Gasteiger partial charge in [-0.2, -0.15) is 0 Å². The molecule has 312 valence electrons. The average molecular weight is 862 g/mol. The molecule has 1 unspecified atom stereocenters. The maximum Gasteiger partial charge on any atom is 0.160 e. The van der Waals surface area contributed by atoms with E-state index < -0.39 is 0 Å². The molecule has 0 amide bonds. The van der Waals surface area contributed by atoms with E-state index in [4.69, 9.17) is 9.98 Å². The smallest absolute Gasteiger partial charge is 0.160 e. The number of amidine groups is 1. The Labute approximate surface area is 388 Å². The lowest BCUT2D eigenvalue weighted by molar-refractivity contribution is 0.726. The van der Waals surface area contributed by atoms with E-state index in [9.17, 15) is 0 Å². The second-order valence-electron chi connectivity index (χ2n) is 17.5. The number of nitrogens with zero attached hydrogens (tertiary/aromatic N) is 3. The normalized spacial score (nSPS) is 14.9. The van der Waals surface area contributed by atoms with Gasteiger partial charge in [-0.05, 0) is 112 Å². The zero-order chi connectivity index (χ0) is 43.6. The van der Waals surface area contributed by atoms with E-state index in [1.807, 2.05) is 11.3 Å². The largest absolute Gasteiger partial charge is 0.309 e. The Morgan fingerprint density at radius 2 is 1.17 bits per heavy atom. The van der Waals surface area contributed by atoms with Crippen LogP contribution >= 0.6 is 11.3 Å². The number of hydrogen-bond donors (Lipinski definition) is 0. The number of para-hydroxylation sites is 1. The summed E-state index contributed by atoms with van der Waals surface area (Å²) in [4.78, 5) is 10.9. The molecule has 1 aliphatic heterocycles. The Morgan fingerprint density at radius 3 is 2.05 bits per heavy atom. The summed E-state index contributed by atoms with van der Waals surface area (Å²) in [5, 5.41) is 4.93. The first kappa shape index (κ1) is 38.5. The maximum atomic E-state index is 5.51. The third kappa shape index (κ3) is 6.56. The van der Waals surface area contributed by atoms with Crippen LogP contribution < -0.4 is 0 Å². The minimum absolute atomic E-state index is 0.327. The Morgan fingerprint density at radius 1 is 0.470 bits per heavy atom. The summed E-state index contributed by atoms with van der Waals surface area (Å²) >= 11 is 1.84. The van der Waals surface area contributed by atoms with Gasteiger partial charge in [-0.15, -0.1) is 11.3 Å². The van der Waals surface area contributed by atoms with Crippen LogP contribution in [-0.2, 0) is 6.42 Å². The number of aryl methyl sites for hydroxylation is 1. The van der Waals surface area contributed by atoms with Crippen LogP contribution in [0.1, 0.15) is 52.1 Å². The van der Waals surface area contributed by atoms with Crippen molar-refractivity contribution in [1.82, 2.24) is 4.57 Å². The lowest BCUT2D eigenvalue weighted by Crippen LogP contribution is -2.04. The van der Waals surface area contributed by atoms with Crippen LogP contribution in [0.15, 0.2) is 228 Å². The van der Waals surface area contributed by atoms with E-state index >= 15 is 0 Å². The molecule has 2 aliphatic rings. The molecular formula is C62H43N3S. The average Bonchev–Trinajstić information content (AvgIpc) is 3.76. The van der Waals surface area contributed by atoms with Crippen LogP contribution in [0, 0.1) is 0 Å². The quantitative estimate of drug-likeness (QED) is 0.159. The van der Waals surface area contributed by atoms with E-state index in [0.29, 0.717) is 18.2 Å². The van der Waals surface area contributed by atoms with Gasteiger partial charge in [0.25, 0.3) is 0 Å². The van der Waals surface area contributed by atoms with Crippen LogP contribution in [0.25, 0.3) is 75.6 Å². The summed E-state index contributed by atoms with van der Waals surface area (Å²) in [7, 11) is 0. The fraction of sp³-hybridized carbons (Fsp3) is 0.0645. The Bertz CT molecular complexity index is 3780. The first-order valence-corrected chi connectivity index (χ1v) is 23.8. The van der Waals surface area contributed by atoms with Crippen LogP contribution in [0.3, 0.4) is 0 Å². The molecule has 0 radical (unpaired) electrons. The zero-order valence-corrected chi connectivity index (χ0v) is 37.0. The van der Waals surface area contributed by atoms with Gasteiger partial charge in [-0.1, -0.05) is 164 Å².